The number of benzene rings is 1. The molecule has 1 aromatic carbocycles. The molecule has 0 radical (unpaired) electrons. The molecule has 16 heavy (non-hydrogen) atoms. The molecule has 3 heteroatoms. The van der Waals surface area contributed by atoms with Gasteiger partial charge in [-0.15, -0.1) is 6.58 Å². The van der Waals surface area contributed by atoms with Crippen molar-refractivity contribution in [1.29, 1.82) is 0 Å². The van der Waals surface area contributed by atoms with Crippen LogP contribution in [-0.4, -0.2) is 13.1 Å². The topological polar surface area (TPSA) is 12.0 Å². The van der Waals surface area contributed by atoms with Crippen molar-refractivity contribution in [1.82, 2.24) is 5.32 Å². The second kappa shape index (κ2) is 6.29. The Morgan fingerprint density at radius 1 is 1.38 bits per heavy atom. The average Bonchev–Trinajstić information content (AvgIpc) is 2.29. The summed E-state index contributed by atoms with van der Waals surface area (Å²) in [5, 5.41) is 4.46. The summed E-state index contributed by atoms with van der Waals surface area (Å²) < 4.78 is 0. The first-order valence-corrected chi connectivity index (χ1v) is 6.08. The highest BCUT2D eigenvalue weighted by Crippen LogP contribution is 2.30. The van der Waals surface area contributed by atoms with E-state index < -0.39 is 0 Å². The first-order valence-electron chi connectivity index (χ1n) is 5.33. The molecule has 1 aromatic rings. The van der Waals surface area contributed by atoms with E-state index in [9.17, 15) is 0 Å². The van der Waals surface area contributed by atoms with Gasteiger partial charge in [0.1, 0.15) is 0 Å². The van der Waals surface area contributed by atoms with Gasteiger partial charge in [0.15, 0.2) is 0 Å². The lowest BCUT2D eigenvalue weighted by Gasteiger charge is -2.23. The predicted octanol–water partition coefficient (Wildman–Crippen LogP) is 4.26. The van der Waals surface area contributed by atoms with Crippen molar-refractivity contribution in [3.63, 3.8) is 0 Å². The van der Waals surface area contributed by atoms with Gasteiger partial charge < -0.3 is 5.32 Å². The monoisotopic (exact) mass is 257 g/mol. The number of halogens is 2. The minimum atomic E-state index is 0.371. The summed E-state index contributed by atoms with van der Waals surface area (Å²) in [5.41, 5.74) is 1.19. The molecule has 0 heterocycles. The Bertz CT molecular complexity index is 363. The van der Waals surface area contributed by atoms with Gasteiger partial charge in [-0.25, -0.2) is 0 Å². The Labute approximate surface area is 107 Å². The SMILES string of the molecule is C=CC[C@@H](c1ccc(Cl)c(Cl)c1)C(C)NC. The Hall–Kier alpha value is -0.500. The standard InChI is InChI=1S/C13H17Cl2N/c1-4-5-11(9(2)16-3)10-6-7-12(14)13(15)8-10/h4,6-9,11,16H,1,5H2,2-3H3/t9?,11-/m1/s1. The fourth-order valence-corrected chi connectivity index (χ4v) is 2.06. The molecule has 88 valence electrons. The molecular formula is C13H17Cl2N. The molecule has 0 saturated heterocycles. The number of hydrogen-bond donors (Lipinski definition) is 1. The van der Waals surface area contributed by atoms with Crippen molar-refractivity contribution in [3.05, 3.63) is 46.5 Å². The largest absolute Gasteiger partial charge is 0.317 e. The van der Waals surface area contributed by atoms with Crippen molar-refractivity contribution >= 4 is 23.2 Å². The first kappa shape index (κ1) is 13.6. The molecule has 0 aliphatic rings. The third-order valence-corrected chi connectivity index (χ3v) is 3.59. The maximum atomic E-state index is 6.03. The van der Waals surface area contributed by atoms with Gasteiger partial charge >= 0.3 is 0 Å². The highest BCUT2D eigenvalue weighted by molar-refractivity contribution is 6.42. The van der Waals surface area contributed by atoms with Crippen LogP contribution in [0.25, 0.3) is 0 Å². The zero-order valence-corrected chi connectivity index (χ0v) is 11.1. The van der Waals surface area contributed by atoms with E-state index in [1.807, 2.05) is 31.3 Å². The van der Waals surface area contributed by atoms with E-state index >= 15 is 0 Å². The second-order valence-corrected chi connectivity index (χ2v) is 4.70. The molecule has 0 aliphatic heterocycles. The van der Waals surface area contributed by atoms with Gasteiger partial charge in [0, 0.05) is 12.0 Å². The van der Waals surface area contributed by atoms with Crippen molar-refractivity contribution in [2.24, 2.45) is 0 Å². The lowest BCUT2D eigenvalue weighted by Crippen LogP contribution is -2.28. The van der Waals surface area contributed by atoms with Gasteiger partial charge in [0.2, 0.25) is 0 Å². The molecule has 1 nitrogen and oxygen atoms in total. The minimum Gasteiger partial charge on any atom is -0.317 e. The molecule has 0 aromatic heterocycles. The predicted molar refractivity (Wildman–Crippen MR) is 72.5 cm³/mol. The maximum absolute atomic E-state index is 6.03. The normalized spacial score (nSPS) is 14.5. The van der Waals surface area contributed by atoms with Crippen molar-refractivity contribution in [2.45, 2.75) is 25.3 Å². The fourth-order valence-electron chi connectivity index (χ4n) is 1.75. The number of allylic oxidation sites excluding steroid dienone is 1. The van der Waals surface area contributed by atoms with E-state index in [4.69, 9.17) is 23.2 Å². The Morgan fingerprint density at radius 3 is 2.56 bits per heavy atom. The van der Waals surface area contributed by atoms with Gasteiger partial charge in [0.25, 0.3) is 0 Å². The summed E-state index contributed by atoms with van der Waals surface area (Å²) in [4.78, 5) is 0. The lowest BCUT2D eigenvalue weighted by molar-refractivity contribution is 0.498. The molecule has 0 fully saturated rings. The second-order valence-electron chi connectivity index (χ2n) is 3.88. The molecule has 1 unspecified atom stereocenters. The number of nitrogens with one attached hydrogen (secondary N) is 1. The van der Waals surface area contributed by atoms with Crippen LogP contribution in [0.1, 0.15) is 24.8 Å². The van der Waals surface area contributed by atoms with E-state index in [2.05, 4.69) is 18.8 Å². The third-order valence-electron chi connectivity index (χ3n) is 2.85. The van der Waals surface area contributed by atoms with Crippen LogP contribution in [-0.2, 0) is 0 Å². The molecule has 0 amide bonds. The molecule has 0 aliphatic carbocycles. The summed E-state index contributed by atoms with van der Waals surface area (Å²) in [6, 6.07) is 6.18. The highest BCUT2D eigenvalue weighted by atomic mass is 35.5. The van der Waals surface area contributed by atoms with Crippen molar-refractivity contribution < 1.29 is 0 Å². The van der Waals surface area contributed by atoms with E-state index in [0.29, 0.717) is 22.0 Å². The van der Waals surface area contributed by atoms with Gasteiger partial charge in [-0.05, 0) is 38.1 Å². The van der Waals surface area contributed by atoms with Crippen LogP contribution in [0.15, 0.2) is 30.9 Å². The number of likely N-dealkylation sites (N-methyl/N-ethyl adjacent to an activating group) is 1. The minimum absolute atomic E-state index is 0.371. The first-order chi connectivity index (χ1) is 7.60. The number of hydrogen-bond acceptors (Lipinski definition) is 1. The van der Waals surface area contributed by atoms with Crippen molar-refractivity contribution in [3.8, 4) is 0 Å². The quantitative estimate of drug-likeness (QED) is 0.778. The van der Waals surface area contributed by atoms with E-state index in [1.54, 1.807) is 0 Å². The van der Waals surface area contributed by atoms with Crippen LogP contribution in [0, 0.1) is 0 Å². The van der Waals surface area contributed by atoms with Crippen LogP contribution in [0.3, 0.4) is 0 Å². The molecule has 2 atom stereocenters. The van der Waals surface area contributed by atoms with Crippen LogP contribution >= 0.6 is 23.2 Å². The van der Waals surface area contributed by atoms with Gasteiger partial charge in [-0.2, -0.15) is 0 Å². The molecular weight excluding hydrogens is 241 g/mol. The van der Waals surface area contributed by atoms with Crippen LogP contribution < -0.4 is 5.32 Å². The lowest BCUT2D eigenvalue weighted by atomic mass is 9.89. The molecule has 0 saturated carbocycles. The van der Waals surface area contributed by atoms with E-state index in [-0.39, 0.29) is 0 Å². The molecule has 0 spiro atoms. The number of rotatable bonds is 5. The average molecular weight is 258 g/mol. The van der Waals surface area contributed by atoms with Crippen LogP contribution in [0.2, 0.25) is 10.0 Å². The maximum Gasteiger partial charge on any atom is 0.0595 e. The Morgan fingerprint density at radius 2 is 2.06 bits per heavy atom. The highest BCUT2D eigenvalue weighted by Gasteiger charge is 2.17. The Balaban J connectivity index is 3.00. The molecule has 0 bridgehead atoms. The van der Waals surface area contributed by atoms with Gasteiger partial charge in [-0.1, -0.05) is 35.3 Å². The summed E-state index contributed by atoms with van der Waals surface area (Å²) in [5.74, 6) is 0.372. The van der Waals surface area contributed by atoms with E-state index in [0.717, 1.165) is 6.42 Å². The van der Waals surface area contributed by atoms with Crippen molar-refractivity contribution in [2.75, 3.05) is 7.05 Å². The molecule has 1 rings (SSSR count). The van der Waals surface area contributed by atoms with Crippen LogP contribution in [0.4, 0.5) is 0 Å². The summed E-state index contributed by atoms with van der Waals surface area (Å²) in [6.45, 7) is 5.95. The summed E-state index contributed by atoms with van der Waals surface area (Å²) in [7, 11) is 1.96. The summed E-state index contributed by atoms with van der Waals surface area (Å²) in [6.07, 6.45) is 2.85. The van der Waals surface area contributed by atoms with E-state index in [1.165, 1.54) is 5.56 Å². The smallest absolute Gasteiger partial charge is 0.0595 e. The van der Waals surface area contributed by atoms with Crippen LogP contribution in [0.5, 0.6) is 0 Å². The van der Waals surface area contributed by atoms with Gasteiger partial charge in [-0.3, -0.25) is 0 Å². The van der Waals surface area contributed by atoms with Gasteiger partial charge in [0.05, 0.1) is 10.0 Å². The zero-order chi connectivity index (χ0) is 12.1. The summed E-state index contributed by atoms with van der Waals surface area (Å²) >= 11 is 11.9. The third kappa shape index (κ3) is 3.24. The zero-order valence-electron chi connectivity index (χ0n) is 9.63. The Kier molecular flexibility index (Phi) is 5.33. The fraction of sp³-hybridized carbons (Fsp3) is 0.385. The molecule has 1 N–H and O–H groups in total.